The first-order valence-electron chi connectivity index (χ1n) is 11.9. The number of hydrogen-bond donors (Lipinski definition) is 0. The summed E-state index contributed by atoms with van der Waals surface area (Å²) < 4.78 is 5.79. The molecule has 4 rings (SSSR count). The molecule has 174 valence electrons. The van der Waals surface area contributed by atoms with E-state index in [9.17, 15) is 14.4 Å². The second kappa shape index (κ2) is 9.92. The SMILES string of the molecule is CN(CC[C@H]1CCCCO1)C(=O)C[C@]1(c2ccccc2Cl)CC(=O)N(C2CCCC2)C1=O. The van der Waals surface area contributed by atoms with Gasteiger partial charge in [-0.05, 0) is 50.2 Å². The van der Waals surface area contributed by atoms with Gasteiger partial charge in [0.1, 0.15) is 0 Å². The van der Waals surface area contributed by atoms with E-state index in [-0.39, 0.29) is 42.7 Å². The summed E-state index contributed by atoms with van der Waals surface area (Å²) in [5, 5.41) is 0.424. The third-order valence-electron chi connectivity index (χ3n) is 7.37. The van der Waals surface area contributed by atoms with E-state index in [4.69, 9.17) is 16.3 Å². The van der Waals surface area contributed by atoms with Gasteiger partial charge in [0.2, 0.25) is 17.7 Å². The summed E-state index contributed by atoms with van der Waals surface area (Å²) in [5.41, 5.74) is -0.650. The zero-order chi connectivity index (χ0) is 22.7. The maximum absolute atomic E-state index is 13.8. The molecule has 2 aliphatic heterocycles. The molecule has 7 heteroatoms. The van der Waals surface area contributed by atoms with Gasteiger partial charge in [0, 0.05) is 44.1 Å². The number of likely N-dealkylation sites (tertiary alicyclic amines) is 1. The van der Waals surface area contributed by atoms with E-state index in [1.54, 1.807) is 30.1 Å². The van der Waals surface area contributed by atoms with Crippen LogP contribution in [0.3, 0.4) is 0 Å². The Hall–Kier alpha value is -1.92. The van der Waals surface area contributed by atoms with Crippen molar-refractivity contribution in [3.63, 3.8) is 0 Å². The predicted molar refractivity (Wildman–Crippen MR) is 122 cm³/mol. The molecular formula is C25H33ClN2O4. The van der Waals surface area contributed by atoms with Gasteiger partial charge in [0.05, 0.1) is 11.5 Å². The highest BCUT2D eigenvalue weighted by molar-refractivity contribution is 6.32. The lowest BCUT2D eigenvalue weighted by Crippen LogP contribution is -2.45. The summed E-state index contributed by atoms with van der Waals surface area (Å²) in [7, 11) is 1.77. The number of benzene rings is 1. The van der Waals surface area contributed by atoms with Crippen LogP contribution in [0, 0.1) is 0 Å². The van der Waals surface area contributed by atoms with Crippen molar-refractivity contribution in [3.05, 3.63) is 34.9 Å². The van der Waals surface area contributed by atoms with E-state index >= 15 is 0 Å². The molecule has 1 aromatic rings. The molecule has 32 heavy (non-hydrogen) atoms. The summed E-state index contributed by atoms with van der Waals surface area (Å²) in [4.78, 5) is 43.3. The van der Waals surface area contributed by atoms with Crippen LogP contribution < -0.4 is 0 Å². The molecule has 1 aromatic carbocycles. The van der Waals surface area contributed by atoms with Crippen LogP contribution in [0.4, 0.5) is 0 Å². The first-order valence-corrected chi connectivity index (χ1v) is 12.3. The number of imide groups is 1. The molecule has 0 aromatic heterocycles. The summed E-state index contributed by atoms with van der Waals surface area (Å²) in [5.74, 6) is -0.595. The fraction of sp³-hybridized carbons (Fsp3) is 0.640. The molecule has 1 saturated carbocycles. The van der Waals surface area contributed by atoms with E-state index in [1.807, 2.05) is 6.07 Å². The van der Waals surface area contributed by atoms with Crippen LogP contribution in [0.15, 0.2) is 24.3 Å². The minimum Gasteiger partial charge on any atom is -0.378 e. The van der Waals surface area contributed by atoms with Gasteiger partial charge in [-0.2, -0.15) is 0 Å². The molecule has 3 amide bonds. The summed E-state index contributed by atoms with van der Waals surface area (Å²) >= 11 is 6.52. The molecule has 2 heterocycles. The van der Waals surface area contributed by atoms with E-state index in [0.717, 1.165) is 58.0 Å². The van der Waals surface area contributed by atoms with Crippen molar-refractivity contribution in [3.8, 4) is 0 Å². The number of halogens is 1. The van der Waals surface area contributed by atoms with Gasteiger partial charge < -0.3 is 9.64 Å². The van der Waals surface area contributed by atoms with E-state index < -0.39 is 5.41 Å². The van der Waals surface area contributed by atoms with Crippen molar-refractivity contribution in [1.82, 2.24) is 9.80 Å². The number of amides is 3. The van der Waals surface area contributed by atoms with E-state index in [2.05, 4.69) is 0 Å². The van der Waals surface area contributed by atoms with Crippen LogP contribution >= 0.6 is 11.6 Å². The maximum atomic E-state index is 13.8. The van der Waals surface area contributed by atoms with Crippen LogP contribution in [-0.4, -0.2) is 59.9 Å². The molecule has 2 saturated heterocycles. The van der Waals surface area contributed by atoms with Gasteiger partial charge >= 0.3 is 0 Å². The van der Waals surface area contributed by atoms with Crippen LogP contribution in [0.2, 0.25) is 5.02 Å². The largest absolute Gasteiger partial charge is 0.378 e. The van der Waals surface area contributed by atoms with Crippen LogP contribution in [-0.2, 0) is 24.5 Å². The Morgan fingerprint density at radius 3 is 2.56 bits per heavy atom. The maximum Gasteiger partial charge on any atom is 0.241 e. The van der Waals surface area contributed by atoms with Crippen LogP contribution in [0.5, 0.6) is 0 Å². The highest BCUT2D eigenvalue weighted by Crippen LogP contribution is 2.45. The van der Waals surface area contributed by atoms with Crippen molar-refractivity contribution in [2.75, 3.05) is 20.2 Å². The van der Waals surface area contributed by atoms with Gasteiger partial charge in [0.15, 0.2) is 0 Å². The lowest BCUT2D eigenvalue weighted by Gasteiger charge is -2.31. The zero-order valence-corrected chi connectivity index (χ0v) is 19.6. The molecule has 3 fully saturated rings. The highest BCUT2D eigenvalue weighted by Gasteiger charge is 2.56. The van der Waals surface area contributed by atoms with Gasteiger partial charge in [0.25, 0.3) is 0 Å². The molecular weight excluding hydrogens is 428 g/mol. The fourth-order valence-electron chi connectivity index (χ4n) is 5.48. The fourth-order valence-corrected chi connectivity index (χ4v) is 5.79. The van der Waals surface area contributed by atoms with Crippen LogP contribution in [0.1, 0.15) is 69.8 Å². The average Bonchev–Trinajstić information content (AvgIpc) is 3.39. The second-order valence-corrected chi connectivity index (χ2v) is 9.92. The molecule has 1 aliphatic carbocycles. The summed E-state index contributed by atoms with van der Waals surface area (Å²) in [6, 6.07) is 7.06. The van der Waals surface area contributed by atoms with Crippen molar-refractivity contribution >= 4 is 29.3 Å². The minimum atomic E-state index is -1.23. The quantitative estimate of drug-likeness (QED) is 0.575. The van der Waals surface area contributed by atoms with E-state index in [0.29, 0.717) is 17.1 Å². The third kappa shape index (κ3) is 4.58. The lowest BCUT2D eigenvalue weighted by molar-refractivity contribution is -0.144. The Bertz CT molecular complexity index is 863. The van der Waals surface area contributed by atoms with Crippen molar-refractivity contribution in [1.29, 1.82) is 0 Å². The van der Waals surface area contributed by atoms with E-state index in [1.165, 1.54) is 4.90 Å². The first-order chi connectivity index (χ1) is 15.4. The minimum absolute atomic E-state index is 0.00260. The molecule has 0 radical (unpaired) electrons. The molecule has 0 bridgehead atoms. The van der Waals surface area contributed by atoms with Crippen molar-refractivity contribution in [2.24, 2.45) is 0 Å². The molecule has 2 atom stereocenters. The standard InChI is InChI=1S/C25H33ClN2O4/c1-27(14-13-19-10-6-7-15-32-19)22(29)16-25(20-11-4-5-12-21(20)26)17-23(30)28(24(25)31)18-8-2-3-9-18/h4-5,11-12,18-19H,2-3,6-10,13-17H2,1H3/t19-,25-/m1/s1. The Labute approximate surface area is 195 Å². The normalized spacial score (nSPS) is 26.7. The van der Waals surface area contributed by atoms with Gasteiger partial charge in [-0.15, -0.1) is 0 Å². The number of carbonyl (C=O) groups excluding carboxylic acids is 3. The van der Waals surface area contributed by atoms with Crippen LogP contribution in [0.25, 0.3) is 0 Å². The molecule has 6 nitrogen and oxygen atoms in total. The Kier molecular flexibility index (Phi) is 7.21. The highest BCUT2D eigenvalue weighted by atomic mass is 35.5. The number of hydrogen-bond acceptors (Lipinski definition) is 4. The first kappa shape index (κ1) is 23.2. The smallest absolute Gasteiger partial charge is 0.241 e. The number of ether oxygens (including phenoxy) is 1. The topological polar surface area (TPSA) is 66.9 Å². The Morgan fingerprint density at radius 2 is 1.88 bits per heavy atom. The number of carbonyl (C=O) groups is 3. The average molecular weight is 461 g/mol. The Balaban J connectivity index is 1.55. The van der Waals surface area contributed by atoms with Crippen molar-refractivity contribution < 1.29 is 19.1 Å². The van der Waals surface area contributed by atoms with Gasteiger partial charge in [-0.1, -0.05) is 42.6 Å². The molecule has 0 N–H and O–H groups in total. The number of rotatable bonds is 7. The molecule has 0 spiro atoms. The zero-order valence-electron chi connectivity index (χ0n) is 18.9. The monoisotopic (exact) mass is 460 g/mol. The predicted octanol–water partition coefficient (Wildman–Crippen LogP) is 4.09. The van der Waals surface area contributed by atoms with Gasteiger partial charge in [-0.25, -0.2) is 0 Å². The lowest BCUT2D eigenvalue weighted by atomic mass is 9.75. The summed E-state index contributed by atoms with van der Waals surface area (Å²) in [6.07, 6.45) is 7.91. The molecule has 3 aliphatic rings. The van der Waals surface area contributed by atoms with Gasteiger partial charge in [-0.3, -0.25) is 19.3 Å². The molecule has 0 unspecified atom stereocenters. The summed E-state index contributed by atoms with van der Waals surface area (Å²) in [6.45, 7) is 1.35. The Morgan fingerprint density at radius 1 is 1.16 bits per heavy atom. The number of nitrogens with zero attached hydrogens (tertiary/aromatic N) is 2. The third-order valence-corrected chi connectivity index (χ3v) is 7.70. The second-order valence-electron chi connectivity index (χ2n) is 9.52. The van der Waals surface area contributed by atoms with Crippen molar-refractivity contribution in [2.45, 2.75) is 81.8 Å².